The van der Waals surface area contributed by atoms with Crippen LogP contribution < -0.4 is 4.74 Å². The predicted octanol–water partition coefficient (Wildman–Crippen LogP) is 3.45. The second-order valence-electron chi connectivity index (χ2n) is 4.22. The van der Waals surface area contributed by atoms with E-state index in [2.05, 4.69) is 0 Å². The van der Waals surface area contributed by atoms with Crippen molar-refractivity contribution < 1.29 is 14.1 Å². The molecule has 1 aromatic rings. The predicted molar refractivity (Wildman–Crippen MR) is 60.6 cm³/mol. The van der Waals surface area contributed by atoms with Gasteiger partial charge in [0.15, 0.2) is 0 Å². The van der Waals surface area contributed by atoms with Crippen molar-refractivity contribution in [2.75, 3.05) is 0 Å². The van der Waals surface area contributed by atoms with Crippen LogP contribution in [0.3, 0.4) is 0 Å². The van der Waals surface area contributed by atoms with E-state index in [4.69, 9.17) is 4.74 Å². The van der Waals surface area contributed by atoms with Crippen LogP contribution in [0.15, 0.2) is 18.2 Å². The standard InChI is InChI=1S/C12H14FNO3/c13-10-7-4-8-11(12(10)14(15)16)17-9-5-2-1-3-6-9/h4,7-9H,1-3,5-6H2. The zero-order chi connectivity index (χ0) is 12.3. The van der Waals surface area contributed by atoms with Crippen molar-refractivity contribution in [2.45, 2.75) is 38.2 Å². The average molecular weight is 239 g/mol. The number of ether oxygens (including phenoxy) is 1. The van der Waals surface area contributed by atoms with Gasteiger partial charge in [-0.1, -0.05) is 12.5 Å². The maximum Gasteiger partial charge on any atom is 0.346 e. The van der Waals surface area contributed by atoms with Gasteiger partial charge < -0.3 is 4.74 Å². The Bertz CT molecular complexity index is 416. The zero-order valence-electron chi connectivity index (χ0n) is 9.39. The van der Waals surface area contributed by atoms with E-state index in [9.17, 15) is 14.5 Å². The van der Waals surface area contributed by atoms with E-state index in [1.807, 2.05) is 0 Å². The first-order chi connectivity index (χ1) is 8.18. The first kappa shape index (κ1) is 11.8. The molecule has 1 aliphatic carbocycles. The first-order valence-electron chi connectivity index (χ1n) is 5.78. The number of benzene rings is 1. The Morgan fingerprint density at radius 3 is 2.65 bits per heavy atom. The molecule has 0 unspecified atom stereocenters. The quantitative estimate of drug-likeness (QED) is 0.599. The number of hydrogen-bond acceptors (Lipinski definition) is 3. The lowest BCUT2D eigenvalue weighted by Crippen LogP contribution is -2.20. The minimum Gasteiger partial charge on any atom is -0.483 e. The molecular weight excluding hydrogens is 225 g/mol. The summed E-state index contributed by atoms with van der Waals surface area (Å²) in [5.74, 6) is -0.801. The monoisotopic (exact) mass is 239 g/mol. The molecule has 0 radical (unpaired) electrons. The highest BCUT2D eigenvalue weighted by Gasteiger charge is 2.24. The zero-order valence-corrected chi connectivity index (χ0v) is 9.39. The van der Waals surface area contributed by atoms with E-state index in [0.717, 1.165) is 31.7 Å². The van der Waals surface area contributed by atoms with Crippen LogP contribution in [0.1, 0.15) is 32.1 Å². The molecule has 0 saturated heterocycles. The van der Waals surface area contributed by atoms with Gasteiger partial charge in [-0.2, -0.15) is 4.39 Å². The Hall–Kier alpha value is -1.65. The highest BCUT2D eigenvalue weighted by Crippen LogP contribution is 2.32. The van der Waals surface area contributed by atoms with Gasteiger partial charge in [0.2, 0.25) is 11.6 Å². The average Bonchev–Trinajstić information content (AvgIpc) is 2.30. The van der Waals surface area contributed by atoms with Crippen LogP contribution in [0.25, 0.3) is 0 Å². The minimum absolute atomic E-state index is 0.0238. The molecule has 1 fully saturated rings. The van der Waals surface area contributed by atoms with Crippen molar-refractivity contribution in [1.82, 2.24) is 0 Å². The summed E-state index contributed by atoms with van der Waals surface area (Å²) in [4.78, 5) is 10.0. The molecule has 0 aliphatic heterocycles. The Balaban J connectivity index is 2.19. The summed E-state index contributed by atoms with van der Waals surface area (Å²) in [6.07, 6.45) is 5.04. The third-order valence-corrected chi connectivity index (χ3v) is 2.98. The topological polar surface area (TPSA) is 52.4 Å². The molecule has 1 aliphatic rings. The molecule has 0 heterocycles. The van der Waals surface area contributed by atoms with Crippen LogP contribution in [-0.4, -0.2) is 11.0 Å². The number of nitro benzene ring substituents is 1. The normalized spacial score (nSPS) is 16.8. The van der Waals surface area contributed by atoms with Crippen molar-refractivity contribution in [3.8, 4) is 5.75 Å². The Morgan fingerprint density at radius 2 is 2.00 bits per heavy atom. The Labute approximate surface area is 98.5 Å². The van der Waals surface area contributed by atoms with Gasteiger partial charge in [0.05, 0.1) is 11.0 Å². The SMILES string of the molecule is O=[N+]([O-])c1c(F)cccc1OC1CCCCC1. The van der Waals surface area contributed by atoms with Crippen LogP contribution in [0.4, 0.5) is 10.1 Å². The molecule has 5 heteroatoms. The molecular formula is C12H14FNO3. The molecule has 0 atom stereocenters. The van der Waals surface area contributed by atoms with E-state index < -0.39 is 16.4 Å². The van der Waals surface area contributed by atoms with Crippen molar-refractivity contribution in [1.29, 1.82) is 0 Å². The van der Waals surface area contributed by atoms with Crippen molar-refractivity contribution >= 4 is 5.69 Å². The van der Waals surface area contributed by atoms with Crippen LogP contribution in [0.5, 0.6) is 5.75 Å². The maximum atomic E-state index is 13.3. The molecule has 17 heavy (non-hydrogen) atoms. The van der Waals surface area contributed by atoms with Gasteiger partial charge in [0.1, 0.15) is 0 Å². The minimum atomic E-state index is -0.844. The third-order valence-electron chi connectivity index (χ3n) is 2.98. The summed E-state index contributed by atoms with van der Waals surface area (Å²) in [6.45, 7) is 0. The highest BCUT2D eigenvalue weighted by atomic mass is 19.1. The Morgan fingerprint density at radius 1 is 1.29 bits per heavy atom. The lowest BCUT2D eigenvalue weighted by atomic mass is 9.98. The molecule has 92 valence electrons. The number of halogens is 1. The van der Waals surface area contributed by atoms with E-state index in [1.54, 1.807) is 0 Å². The lowest BCUT2D eigenvalue weighted by molar-refractivity contribution is -0.388. The van der Waals surface area contributed by atoms with Crippen molar-refractivity contribution in [2.24, 2.45) is 0 Å². The molecule has 1 aromatic carbocycles. The van der Waals surface area contributed by atoms with Crippen LogP contribution in [0.2, 0.25) is 0 Å². The molecule has 0 bridgehead atoms. The number of nitrogens with zero attached hydrogens (tertiary/aromatic N) is 1. The third kappa shape index (κ3) is 2.72. The Kier molecular flexibility index (Phi) is 3.56. The molecule has 0 amide bonds. The summed E-state index contributed by atoms with van der Waals surface area (Å²) in [5.41, 5.74) is -0.557. The second-order valence-corrected chi connectivity index (χ2v) is 4.22. The molecule has 0 N–H and O–H groups in total. The lowest BCUT2D eigenvalue weighted by Gasteiger charge is -2.22. The van der Waals surface area contributed by atoms with Crippen LogP contribution in [-0.2, 0) is 0 Å². The van der Waals surface area contributed by atoms with Crippen LogP contribution in [0, 0.1) is 15.9 Å². The van der Waals surface area contributed by atoms with E-state index in [-0.39, 0.29) is 11.9 Å². The first-order valence-corrected chi connectivity index (χ1v) is 5.78. The summed E-state index contributed by atoms with van der Waals surface area (Å²) in [7, 11) is 0. The van der Waals surface area contributed by atoms with E-state index in [0.29, 0.717) is 0 Å². The number of hydrogen-bond donors (Lipinski definition) is 0. The summed E-state index contributed by atoms with van der Waals surface area (Å²) in [5, 5.41) is 10.8. The van der Waals surface area contributed by atoms with E-state index in [1.165, 1.54) is 18.6 Å². The summed E-state index contributed by atoms with van der Waals surface area (Å²) >= 11 is 0. The van der Waals surface area contributed by atoms with E-state index >= 15 is 0 Å². The van der Waals surface area contributed by atoms with Gasteiger partial charge >= 0.3 is 5.69 Å². The van der Waals surface area contributed by atoms with Gasteiger partial charge in [-0.3, -0.25) is 10.1 Å². The van der Waals surface area contributed by atoms with Crippen LogP contribution >= 0.6 is 0 Å². The fourth-order valence-corrected chi connectivity index (χ4v) is 2.13. The van der Waals surface area contributed by atoms with Gasteiger partial charge in [-0.05, 0) is 37.8 Å². The van der Waals surface area contributed by atoms with Gasteiger partial charge in [0.25, 0.3) is 0 Å². The fraction of sp³-hybridized carbons (Fsp3) is 0.500. The molecule has 2 rings (SSSR count). The molecule has 0 aromatic heterocycles. The van der Waals surface area contributed by atoms with Gasteiger partial charge in [0, 0.05) is 0 Å². The van der Waals surface area contributed by atoms with Gasteiger partial charge in [-0.15, -0.1) is 0 Å². The summed E-state index contributed by atoms with van der Waals surface area (Å²) < 4.78 is 18.9. The summed E-state index contributed by atoms with van der Waals surface area (Å²) in [6, 6.07) is 3.96. The van der Waals surface area contributed by atoms with Crippen molar-refractivity contribution in [3.63, 3.8) is 0 Å². The van der Waals surface area contributed by atoms with Gasteiger partial charge in [-0.25, -0.2) is 0 Å². The highest BCUT2D eigenvalue weighted by molar-refractivity contribution is 5.47. The largest absolute Gasteiger partial charge is 0.483 e. The molecule has 4 nitrogen and oxygen atoms in total. The number of rotatable bonds is 3. The number of nitro groups is 1. The van der Waals surface area contributed by atoms with Crippen molar-refractivity contribution in [3.05, 3.63) is 34.1 Å². The maximum absolute atomic E-state index is 13.3. The second kappa shape index (κ2) is 5.12. The number of para-hydroxylation sites is 1. The molecule has 1 saturated carbocycles. The smallest absolute Gasteiger partial charge is 0.346 e. The fourth-order valence-electron chi connectivity index (χ4n) is 2.13. The molecule has 0 spiro atoms.